The predicted octanol–water partition coefficient (Wildman–Crippen LogP) is 33.6. The number of hydrogen-bond acceptors (Lipinski definition) is 6. The van der Waals surface area contributed by atoms with Gasteiger partial charge in [0.1, 0.15) is 8.23 Å². The van der Waals surface area contributed by atoms with Crippen molar-refractivity contribution in [3.8, 4) is 33.6 Å². The molecule has 130 heavy (non-hydrogen) atoms. The molecule has 2 aliphatic carbocycles. The minimum atomic E-state index is -3.06. The second-order valence-electron chi connectivity index (χ2n) is 32.7. The van der Waals surface area contributed by atoms with E-state index in [1.165, 1.54) is 98.9 Å². The van der Waals surface area contributed by atoms with Crippen molar-refractivity contribution in [2.24, 2.45) is 0 Å². The number of fused-ring (bicyclic) bond motifs is 17. The third-order valence-corrected chi connectivity index (χ3v) is 25.3. The van der Waals surface area contributed by atoms with E-state index in [1.54, 1.807) is 0 Å². The van der Waals surface area contributed by atoms with Gasteiger partial charge in [-0.3, -0.25) is 0 Å². The van der Waals surface area contributed by atoms with Crippen molar-refractivity contribution in [3.05, 3.63) is 526 Å². The fourth-order valence-electron chi connectivity index (χ4n) is 19.9. The molecule has 0 saturated heterocycles. The zero-order chi connectivity index (χ0) is 87.9. The molecule has 7 nitrogen and oxygen atoms in total. The van der Waals surface area contributed by atoms with Gasteiger partial charge in [0, 0.05) is 118 Å². The van der Waals surface area contributed by atoms with E-state index in [0.29, 0.717) is 0 Å². The molecule has 1 atom stereocenters. The molecule has 0 radical (unpaired) electrons. The summed E-state index contributed by atoms with van der Waals surface area (Å²) in [6.07, 6.45) is 0. The Balaban J connectivity index is 0.000000159. The van der Waals surface area contributed by atoms with Crippen molar-refractivity contribution in [2.75, 3.05) is 31.2 Å². The van der Waals surface area contributed by atoms with Crippen LogP contribution in [0, 0.1) is 0 Å². The van der Waals surface area contributed by atoms with Crippen molar-refractivity contribution < 1.29 is 4.20 Å². The van der Waals surface area contributed by atoms with Crippen molar-refractivity contribution in [1.29, 1.82) is 1.28 Å². The number of nitrogens with zero attached hydrogens (tertiary/aromatic N) is 7. The fraction of sp³-hybridized carbons (Fsp3) is 0.0167. The summed E-state index contributed by atoms with van der Waals surface area (Å²) >= 11 is 3.94. The number of anilines is 15. The van der Waals surface area contributed by atoms with E-state index in [1.807, 2.05) is 0 Å². The second-order valence-corrected chi connectivity index (χ2v) is 35.1. The second kappa shape index (κ2) is 34.6. The smallest absolute Gasteiger partial charge is 0.103 e. The van der Waals surface area contributed by atoms with Crippen molar-refractivity contribution in [2.45, 2.75) is 5.41 Å². The summed E-state index contributed by atoms with van der Waals surface area (Å²) in [5, 5.41) is 7.36. The summed E-state index contributed by atoms with van der Waals surface area (Å²) in [6, 6.07) is 182. The van der Waals surface area contributed by atoms with Crippen molar-refractivity contribution in [1.82, 2.24) is 9.13 Å². The van der Waals surface area contributed by atoms with Gasteiger partial charge in [-0.05, 0) is 281 Å². The van der Waals surface area contributed by atoms with E-state index in [4.69, 9.17) is 1.28 Å². The van der Waals surface area contributed by atoms with Gasteiger partial charge in [0.2, 0.25) is 0 Å². The molecule has 0 bridgehead atoms. The van der Waals surface area contributed by atoms with Gasteiger partial charge in [0.05, 0.1) is 33.2 Å². The summed E-state index contributed by atoms with van der Waals surface area (Å²) in [5.74, 6) is 0. The highest BCUT2D eigenvalue weighted by atomic mass is 32.4. The third kappa shape index (κ3) is 14.4. The summed E-state index contributed by atoms with van der Waals surface area (Å²) < 4.78 is 22.2. The van der Waals surface area contributed by atoms with Gasteiger partial charge >= 0.3 is 0 Å². The summed E-state index contributed by atoms with van der Waals surface area (Å²) in [7, 11) is 0. The molecule has 24 rings (SSSR count). The molecule has 0 aliphatic heterocycles. The summed E-state index contributed by atoms with van der Waals surface area (Å²) in [4.78, 5) is 11.9. The van der Waals surface area contributed by atoms with Gasteiger partial charge in [-0.15, -0.1) is 0 Å². The highest BCUT2D eigenvalue weighted by Crippen LogP contribution is 2.64. The first-order valence-electron chi connectivity index (χ1n) is 44.5. The van der Waals surface area contributed by atoms with Crippen LogP contribution in [0.4, 0.5) is 89.5 Å². The van der Waals surface area contributed by atoms with Crippen LogP contribution in [-0.2, 0) is 17.2 Å². The molecule has 1 unspecified atom stereocenters. The monoisotopic (exact) mass is 1710 g/mol. The molecule has 20 aromatic carbocycles. The molecule has 2 heterocycles. The van der Waals surface area contributed by atoms with Crippen LogP contribution in [0.2, 0.25) is 0 Å². The van der Waals surface area contributed by atoms with Crippen molar-refractivity contribution >= 4 is 158 Å². The highest BCUT2D eigenvalue weighted by molar-refractivity contribution is 8.02. The molecular weight excluding hydrogens is 1620 g/mol. The zero-order valence-electron chi connectivity index (χ0n) is 72.3. The number of para-hydroxylation sites is 10. The topological polar surface area (TPSA) is 26.1 Å². The molecule has 0 N–H and O–H groups in total. The maximum Gasteiger partial charge on any atom is 0.103 e. The van der Waals surface area contributed by atoms with Gasteiger partial charge in [0.15, 0.2) is 0 Å². The minimum Gasteiger partial charge on any atom is -0.311 e. The molecule has 0 amide bonds. The van der Waals surface area contributed by atoms with Crippen LogP contribution in [0.1, 0.15) is 22.3 Å². The van der Waals surface area contributed by atoms with Crippen LogP contribution in [0.25, 0.3) is 88.0 Å². The molecule has 2 aromatic heterocycles. The quantitative estimate of drug-likeness (QED) is 0.0843. The Hall–Kier alpha value is -16.2. The molecule has 620 valence electrons. The molecule has 0 fully saturated rings. The van der Waals surface area contributed by atoms with E-state index in [-0.39, 0.29) is 0 Å². The third-order valence-electron chi connectivity index (χ3n) is 25.3. The Bertz CT molecular complexity index is 7470. The van der Waals surface area contributed by atoms with Crippen LogP contribution in [0.15, 0.2) is 504 Å². The van der Waals surface area contributed by atoms with Crippen molar-refractivity contribution in [3.63, 3.8) is 0 Å². The maximum atomic E-state index is 11.3. The van der Waals surface area contributed by atoms with Gasteiger partial charge in [-0.2, -0.15) is 0 Å². The van der Waals surface area contributed by atoms with Gasteiger partial charge < -0.3 is 33.6 Å². The number of hydrogen-bond donors (Lipinski definition) is 0. The number of rotatable bonds is 17. The average Bonchev–Trinajstić information content (AvgIpc) is 1.50. The Morgan fingerprint density at radius 1 is 0.223 bits per heavy atom. The molecule has 0 saturated carbocycles. The van der Waals surface area contributed by atoms with Crippen LogP contribution in [0.5, 0.6) is 0 Å². The minimum absolute atomic E-state index is 0.611. The van der Waals surface area contributed by atoms with Crippen LogP contribution < -0.4 is 24.5 Å². The van der Waals surface area contributed by atoms with E-state index in [0.717, 1.165) is 103 Å². The van der Waals surface area contributed by atoms with E-state index in [9.17, 15) is 4.20 Å². The standard InChI is InChI=1S/C73H52N4.C46H31N3.CH4FPS/c1-7-23-53(24-8-1)74(54-25-9-2-10-26-54)59-39-43-61(44-40-59)76(57-31-15-5-16-32-57)63-47-49-67-68-50-48-64(52-72(68)73(71(67)51-63)69-37-21-19-35-65(69)66-36-20-22-38-70(66)73)77(58-33-17-6-18-34-58)62-45-41-60(42-46-62)75(55-27-11-3-12-28-55)56-29-13-4-14-30-56;1-3-16-33(17-4-1)48-43-23-11-9-21-38(43)40-30-35(26-28-45(40)48)47(42-25-13-15-32-14-7-8-20-37(32)42)36-27-29-46-41(31-36)39-22-10-12-24-44(39)49(46)34-18-5-2-6-19-34;1-3(2)4/h1-52H;1-31H;3H,1H3/i;;3D. The van der Waals surface area contributed by atoms with Gasteiger partial charge in [-0.1, -0.05) is 291 Å². The molecule has 2 aliphatic rings. The lowest BCUT2D eigenvalue weighted by molar-refractivity contribution is 0.793. The van der Waals surface area contributed by atoms with Gasteiger partial charge in [-0.25, -0.2) is 4.20 Å². The Kier molecular flexibility index (Phi) is 20.9. The Labute approximate surface area is 763 Å². The fourth-order valence-corrected chi connectivity index (χ4v) is 19.9. The first-order valence-corrected chi connectivity index (χ1v) is 46.7. The van der Waals surface area contributed by atoms with E-state index < -0.39 is 12.4 Å². The normalized spacial score (nSPS) is 12.5. The zero-order valence-corrected chi connectivity index (χ0v) is 73.0. The van der Waals surface area contributed by atoms with E-state index >= 15 is 0 Å². The maximum absolute atomic E-state index is 11.3. The van der Waals surface area contributed by atoms with Crippen LogP contribution in [0.3, 0.4) is 0 Å². The lowest BCUT2D eigenvalue weighted by atomic mass is 9.70. The number of halogens is 1. The van der Waals surface area contributed by atoms with Gasteiger partial charge in [0.25, 0.3) is 0 Å². The largest absolute Gasteiger partial charge is 0.311 e. The number of aromatic nitrogens is 2. The average molecular weight is 1710 g/mol. The lowest BCUT2D eigenvalue weighted by Crippen LogP contribution is -2.26. The Morgan fingerprint density at radius 2 is 0.469 bits per heavy atom. The predicted molar refractivity (Wildman–Crippen MR) is 551 cm³/mol. The molecule has 10 heteroatoms. The van der Waals surface area contributed by atoms with Crippen LogP contribution >= 0.6 is 6.95 Å². The Morgan fingerprint density at radius 3 is 0.831 bits per heavy atom. The molecular formula is C120H87FN7PS. The van der Waals surface area contributed by atoms with E-state index in [2.05, 4.69) is 549 Å². The first kappa shape index (κ1) is 78.6. The number of benzene rings is 20. The van der Waals surface area contributed by atoms with Crippen LogP contribution in [-0.4, -0.2) is 17.1 Å². The summed E-state index contributed by atoms with van der Waals surface area (Å²) in [6.45, 7) is -1.94. The lowest BCUT2D eigenvalue weighted by Gasteiger charge is -2.33. The first-order chi connectivity index (χ1) is 64.6. The molecule has 1 spiro atoms. The SMILES string of the molecule is [2H]P(C)(F)=S.c1ccc(-n2c3ccccc3c3cc(N(c4ccc5c(c4)c4ccccc4n5-c4ccccc4)c4cccc5ccccc45)ccc32)cc1.c1ccc(N(c2ccccc2)c2ccc(N(c3ccccc3)c3ccc4c(c3)C3(c5ccccc5-c5ccccc53)c3cc(N(c5ccccc5)c5ccc(N(c6ccccc6)c6ccccc6)cc5)ccc3-4)cc2)cc1. The molecule has 22 aromatic rings. The summed E-state index contributed by atoms with van der Waals surface area (Å²) in [5.41, 5.74) is 33.1. The highest BCUT2D eigenvalue weighted by Gasteiger charge is 2.52.